The fourth-order valence-electron chi connectivity index (χ4n) is 2.28. The molecule has 0 saturated heterocycles. The first kappa shape index (κ1) is 14.7. The molecule has 2 aromatic heterocycles. The van der Waals surface area contributed by atoms with E-state index in [0.29, 0.717) is 12.5 Å². The van der Waals surface area contributed by atoms with Crippen LogP contribution in [-0.4, -0.2) is 9.97 Å². The zero-order chi connectivity index (χ0) is 14.7. The molecular formula is C16H23N3O. The molecule has 1 atom stereocenters. The summed E-state index contributed by atoms with van der Waals surface area (Å²) in [6.07, 6.45) is 1.85. The number of nitrogens with one attached hydrogen (secondary N) is 1. The molecule has 4 nitrogen and oxygen atoms in total. The predicted octanol–water partition coefficient (Wildman–Crippen LogP) is 3.48. The van der Waals surface area contributed by atoms with E-state index in [1.165, 1.54) is 5.56 Å². The van der Waals surface area contributed by atoms with Crippen molar-refractivity contribution in [3.8, 4) is 0 Å². The summed E-state index contributed by atoms with van der Waals surface area (Å²) < 4.78 is 5.62. The molecule has 4 heteroatoms. The van der Waals surface area contributed by atoms with Crippen LogP contribution >= 0.6 is 0 Å². The first-order valence-corrected chi connectivity index (χ1v) is 7.07. The van der Waals surface area contributed by atoms with Gasteiger partial charge in [0.15, 0.2) is 0 Å². The topological polar surface area (TPSA) is 51.0 Å². The fourth-order valence-corrected chi connectivity index (χ4v) is 2.28. The standard InChI is InChI=1S/C16H23N3O/c1-10(2)15(16-11(3)7-6-8-17-16)18-9-14-19-12(4)13(5)20-14/h6-8,10,15,18H,9H2,1-5H3. The molecule has 20 heavy (non-hydrogen) atoms. The van der Waals surface area contributed by atoms with E-state index in [1.807, 2.05) is 26.1 Å². The summed E-state index contributed by atoms with van der Waals surface area (Å²) in [6, 6.07) is 4.26. The van der Waals surface area contributed by atoms with E-state index in [9.17, 15) is 0 Å². The Kier molecular flexibility index (Phi) is 4.55. The van der Waals surface area contributed by atoms with Crippen LogP contribution in [0.4, 0.5) is 0 Å². The first-order chi connectivity index (χ1) is 9.49. The Morgan fingerprint density at radius 3 is 2.55 bits per heavy atom. The molecule has 0 fully saturated rings. The highest BCUT2D eigenvalue weighted by atomic mass is 16.4. The minimum Gasteiger partial charge on any atom is -0.444 e. The molecule has 1 unspecified atom stereocenters. The summed E-state index contributed by atoms with van der Waals surface area (Å²) in [6.45, 7) is 11.0. The highest BCUT2D eigenvalue weighted by Crippen LogP contribution is 2.23. The number of pyridine rings is 1. The lowest BCUT2D eigenvalue weighted by molar-refractivity contribution is 0.367. The van der Waals surface area contributed by atoms with Crippen LogP contribution < -0.4 is 5.32 Å². The van der Waals surface area contributed by atoms with Gasteiger partial charge in [-0.3, -0.25) is 10.3 Å². The van der Waals surface area contributed by atoms with Gasteiger partial charge in [-0.15, -0.1) is 0 Å². The number of hydrogen-bond acceptors (Lipinski definition) is 4. The molecule has 2 rings (SSSR count). The highest BCUT2D eigenvalue weighted by molar-refractivity contribution is 5.21. The zero-order valence-corrected chi connectivity index (χ0v) is 12.9. The molecule has 0 aliphatic rings. The molecule has 1 N–H and O–H groups in total. The maximum atomic E-state index is 5.62. The van der Waals surface area contributed by atoms with Gasteiger partial charge in [-0.25, -0.2) is 4.98 Å². The number of aromatic nitrogens is 2. The third kappa shape index (κ3) is 3.25. The Labute approximate surface area is 120 Å². The maximum Gasteiger partial charge on any atom is 0.208 e. The van der Waals surface area contributed by atoms with Crippen molar-refractivity contribution in [1.82, 2.24) is 15.3 Å². The normalized spacial score (nSPS) is 12.9. The molecule has 0 radical (unpaired) electrons. The SMILES string of the molecule is Cc1cccnc1C(NCc1nc(C)c(C)o1)C(C)C. The van der Waals surface area contributed by atoms with E-state index in [4.69, 9.17) is 4.42 Å². The lowest BCUT2D eigenvalue weighted by Gasteiger charge is -2.22. The zero-order valence-electron chi connectivity index (χ0n) is 12.9. The van der Waals surface area contributed by atoms with E-state index in [2.05, 4.69) is 42.1 Å². The number of nitrogens with zero attached hydrogens (tertiary/aromatic N) is 2. The number of oxazole rings is 1. The minimum atomic E-state index is 0.198. The fraction of sp³-hybridized carbons (Fsp3) is 0.500. The van der Waals surface area contributed by atoms with Crippen LogP contribution in [0.5, 0.6) is 0 Å². The number of hydrogen-bond donors (Lipinski definition) is 1. The summed E-state index contributed by atoms with van der Waals surface area (Å²) in [4.78, 5) is 8.93. The quantitative estimate of drug-likeness (QED) is 0.906. The molecule has 0 aliphatic carbocycles. The molecule has 2 heterocycles. The summed E-state index contributed by atoms with van der Waals surface area (Å²) in [7, 11) is 0. The van der Waals surface area contributed by atoms with E-state index < -0.39 is 0 Å². The Morgan fingerprint density at radius 2 is 2.00 bits per heavy atom. The molecule has 0 aliphatic heterocycles. The average molecular weight is 273 g/mol. The number of aryl methyl sites for hydroxylation is 3. The monoisotopic (exact) mass is 273 g/mol. The maximum absolute atomic E-state index is 5.62. The highest BCUT2D eigenvalue weighted by Gasteiger charge is 2.19. The Bertz CT molecular complexity index is 555. The lowest BCUT2D eigenvalue weighted by Crippen LogP contribution is -2.27. The van der Waals surface area contributed by atoms with Gasteiger partial charge < -0.3 is 4.42 Å². The van der Waals surface area contributed by atoms with Gasteiger partial charge in [-0.1, -0.05) is 19.9 Å². The van der Waals surface area contributed by atoms with Gasteiger partial charge in [0.1, 0.15) is 5.76 Å². The predicted molar refractivity (Wildman–Crippen MR) is 79.4 cm³/mol. The lowest BCUT2D eigenvalue weighted by atomic mass is 9.97. The smallest absolute Gasteiger partial charge is 0.208 e. The van der Waals surface area contributed by atoms with Crippen molar-refractivity contribution in [2.45, 2.75) is 47.2 Å². The van der Waals surface area contributed by atoms with Crippen LogP contribution in [0.25, 0.3) is 0 Å². The molecule has 0 bridgehead atoms. The summed E-state index contributed by atoms with van der Waals surface area (Å²) in [5.41, 5.74) is 3.26. The van der Waals surface area contributed by atoms with Gasteiger partial charge in [-0.05, 0) is 38.3 Å². The van der Waals surface area contributed by atoms with Crippen molar-refractivity contribution in [2.75, 3.05) is 0 Å². The second kappa shape index (κ2) is 6.18. The van der Waals surface area contributed by atoms with Gasteiger partial charge in [-0.2, -0.15) is 0 Å². The van der Waals surface area contributed by atoms with Crippen molar-refractivity contribution in [2.24, 2.45) is 5.92 Å². The Hall–Kier alpha value is -1.68. The molecule has 0 aromatic carbocycles. The van der Waals surface area contributed by atoms with E-state index in [1.54, 1.807) is 0 Å². The van der Waals surface area contributed by atoms with Crippen molar-refractivity contribution in [3.63, 3.8) is 0 Å². The Morgan fingerprint density at radius 1 is 1.25 bits per heavy atom. The van der Waals surface area contributed by atoms with Crippen molar-refractivity contribution >= 4 is 0 Å². The van der Waals surface area contributed by atoms with Crippen LogP contribution in [0.15, 0.2) is 22.7 Å². The van der Waals surface area contributed by atoms with Gasteiger partial charge in [0, 0.05) is 6.20 Å². The molecule has 0 amide bonds. The Balaban J connectivity index is 2.13. The summed E-state index contributed by atoms with van der Waals surface area (Å²) >= 11 is 0. The number of rotatable bonds is 5. The minimum absolute atomic E-state index is 0.198. The third-order valence-corrected chi connectivity index (χ3v) is 3.56. The molecule has 0 spiro atoms. The van der Waals surface area contributed by atoms with Crippen molar-refractivity contribution in [3.05, 3.63) is 46.9 Å². The van der Waals surface area contributed by atoms with Gasteiger partial charge in [0.25, 0.3) is 0 Å². The van der Waals surface area contributed by atoms with E-state index >= 15 is 0 Å². The van der Waals surface area contributed by atoms with Crippen LogP contribution in [0.3, 0.4) is 0 Å². The van der Waals surface area contributed by atoms with Gasteiger partial charge >= 0.3 is 0 Å². The molecular weight excluding hydrogens is 250 g/mol. The van der Waals surface area contributed by atoms with Crippen LogP contribution in [0.2, 0.25) is 0 Å². The second-order valence-electron chi connectivity index (χ2n) is 5.56. The second-order valence-corrected chi connectivity index (χ2v) is 5.56. The molecule has 2 aromatic rings. The van der Waals surface area contributed by atoms with Crippen LogP contribution in [0, 0.1) is 26.7 Å². The third-order valence-electron chi connectivity index (χ3n) is 3.56. The van der Waals surface area contributed by atoms with E-state index in [0.717, 1.165) is 23.0 Å². The van der Waals surface area contributed by atoms with Crippen molar-refractivity contribution in [1.29, 1.82) is 0 Å². The van der Waals surface area contributed by atoms with Gasteiger partial charge in [0.05, 0.1) is 24.0 Å². The van der Waals surface area contributed by atoms with Gasteiger partial charge in [0.2, 0.25) is 5.89 Å². The first-order valence-electron chi connectivity index (χ1n) is 7.07. The summed E-state index contributed by atoms with van der Waals surface area (Å²) in [5, 5.41) is 3.51. The largest absolute Gasteiger partial charge is 0.444 e. The molecule has 0 saturated carbocycles. The molecule has 108 valence electrons. The van der Waals surface area contributed by atoms with Crippen molar-refractivity contribution < 1.29 is 4.42 Å². The summed E-state index contributed by atoms with van der Waals surface area (Å²) in [5.74, 6) is 2.07. The van der Waals surface area contributed by atoms with E-state index in [-0.39, 0.29) is 6.04 Å². The van der Waals surface area contributed by atoms with Crippen LogP contribution in [-0.2, 0) is 6.54 Å². The van der Waals surface area contributed by atoms with Crippen LogP contribution in [0.1, 0.15) is 48.5 Å². The average Bonchev–Trinajstić information content (AvgIpc) is 2.71.